The van der Waals surface area contributed by atoms with E-state index in [1.54, 1.807) is 0 Å². The Hall–Kier alpha value is -1.17. The largest absolute Gasteiger partial charge is 0.387 e. The minimum absolute atomic E-state index is 0.317. The van der Waals surface area contributed by atoms with Crippen molar-refractivity contribution in [1.29, 1.82) is 0 Å². The number of amides is 2. The molecule has 2 amide bonds. The number of halogens is 1. The highest BCUT2D eigenvalue weighted by Gasteiger charge is 2.33. The molecule has 5 nitrogen and oxygen atoms in total. The molecule has 0 aromatic heterocycles. The van der Waals surface area contributed by atoms with Gasteiger partial charge in [0.2, 0.25) is 5.91 Å². The summed E-state index contributed by atoms with van der Waals surface area (Å²) in [6.45, 7) is 3.25. The van der Waals surface area contributed by atoms with Gasteiger partial charge in [0, 0.05) is 26.2 Å². The minimum atomic E-state index is -1.87. The first-order valence-electron chi connectivity index (χ1n) is 5.23. The molecule has 0 atom stereocenters. The van der Waals surface area contributed by atoms with Gasteiger partial charge in [0.05, 0.1) is 0 Å². The van der Waals surface area contributed by atoms with Gasteiger partial charge in [0.15, 0.2) is 5.67 Å². The summed E-state index contributed by atoms with van der Waals surface area (Å²) in [6, 6.07) is 0. The van der Waals surface area contributed by atoms with E-state index in [2.05, 4.69) is 0 Å². The van der Waals surface area contributed by atoms with Gasteiger partial charge in [-0.2, -0.15) is 0 Å². The van der Waals surface area contributed by atoms with Crippen LogP contribution in [-0.4, -0.2) is 65.2 Å². The van der Waals surface area contributed by atoms with Crippen molar-refractivity contribution in [2.75, 3.05) is 32.8 Å². The highest BCUT2D eigenvalue weighted by Crippen LogP contribution is 2.14. The van der Waals surface area contributed by atoms with Crippen molar-refractivity contribution in [2.45, 2.75) is 19.5 Å². The average Bonchev–Trinajstić information content (AvgIpc) is 2.26. The third kappa shape index (κ3) is 2.91. The van der Waals surface area contributed by atoms with E-state index in [-0.39, 0.29) is 5.91 Å². The molecule has 1 saturated heterocycles. The Morgan fingerprint density at radius 3 is 2.00 bits per heavy atom. The Morgan fingerprint density at radius 2 is 1.62 bits per heavy atom. The first-order chi connectivity index (χ1) is 7.36. The molecular weight excluding hydrogens is 215 g/mol. The van der Waals surface area contributed by atoms with Crippen LogP contribution in [-0.2, 0) is 9.59 Å². The van der Waals surface area contributed by atoms with Crippen LogP contribution < -0.4 is 0 Å². The number of carbonyl (C=O) groups is 2. The summed E-state index contributed by atoms with van der Waals surface area (Å²) in [5.74, 6) is -0.907. The second kappa shape index (κ2) is 4.78. The van der Waals surface area contributed by atoms with Crippen LogP contribution in [0.1, 0.15) is 13.8 Å². The lowest BCUT2D eigenvalue weighted by atomic mass is 10.1. The summed E-state index contributed by atoms with van der Waals surface area (Å²) in [6.07, 6.45) is 0. The van der Waals surface area contributed by atoms with Crippen LogP contribution in [0, 0.1) is 0 Å². The maximum atomic E-state index is 13.4. The molecule has 1 heterocycles. The number of aliphatic hydroxyl groups excluding tert-OH is 1. The number of rotatable bonds is 2. The molecule has 1 N–H and O–H groups in total. The fraction of sp³-hybridized carbons (Fsp3) is 0.800. The molecule has 0 bridgehead atoms. The SMILES string of the molecule is CC(C)(F)C(=O)N1CCN(C(=O)CO)CC1. The van der Waals surface area contributed by atoms with E-state index in [1.165, 1.54) is 23.6 Å². The van der Waals surface area contributed by atoms with Crippen molar-refractivity contribution in [3.8, 4) is 0 Å². The number of hydrogen-bond acceptors (Lipinski definition) is 3. The third-order valence-corrected chi connectivity index (χ3v) is 2.56. The lowest BCUT2D eigenvalue weighted by Gasteiger charge is -2.36. The molecular formula is C10H17FN2O3. The minimum Gasteiger partial charge on any atom is -0.387 e. The van der Waals surface area contributed by atoms with Crippen LogP contribution in [0.3, 0.4) is 0 Å². The Balaban J connectivity index is 2.49. The lowest BCUT2D eigenvalue weighted by Crippen LogP contribution is -2.54. The van der Waals surface area contributed by atoms with Crippen molar-refractivity contribution < 1.29 is 19.1 Å². The van der Waals surface area contributed by atoms with Gasteiger partial charge in [-0.05, 0) is 13.8 Å². The van der Waals surface area contributed by atoms with E-state index < -0.39 is 18.2 Å². The van der Waals surface area contributed by atoms with Gasteiger partial charge in [0.25, 0.3) is 5.91 Å². The highest BCUT2D eigenvalue weighted by molar-refractivity contribution is 5.84. The molecule has 0 aliphatic carbocycles. The smallest absolute Gasteiger partial charge is 0.259 e. The molecule has 0 aromatic carbocycles. The molecule has 1 fully saturated rings. The molecule has 1 aliphatic rings. The number of nitrogens with zero attached hydrogens (tertiary/aromatic N) is 2. The van der Waals surface area contributed by atoms with Crippen molar-refractivity contribution in [1.82, 2.24) is 9.80 Å². The summed E-state index contributed by atoms with van der Waals surface area (Å²) >= 11 is 0. The zero-order valence-corrected chi connectivity index (χ0v) is 9.57. The van der Waals surface area contributed by atoms with E-state index >= 15 is 0 Å². The standard InChI is InChI=1S/C10H17FN2O3/c1-10(2,11)9(16)13-5-3-12(4-6-13)8(15)7-14/h14H,3-7H2,1-2H3. The highest BCUT2D eigenvalue weighted by atomic mass is 19.1. The van der Waals surface area contributed by atoms with Crippen molar-refractivity contribution in [2.24, 2.45) is 0 Å². The summed E-state index contributed by atoms with van der Waals surface area (Å²) < 4.78 is 13.4. The van der Waals surface area contributed by atoms with Gasteiger partial charge < -0.3 is 14.9 Å². The third-order valence-electron chi connectivity index (χ3n) is 2.56. The zero-order valence-electron chi connectivity index (χ0n) is 9.57. The summed E-state index contributed by atoms with van der Waals surface area (Å²) in [4.78, 5) is 25.6. The molecule has 1 aliphatic heterocycles. The Labute approximate surface area is 93.8 Å². The van der Waals surface area contributed by atoms with Gasteiger partial charge in [-0.1, -0.05) is 0 Å². The van der Waals surface area contributed by atoms with Gasteiger partial charge in [0.1, 0.15) is 6.61 Å². The second-order valence-electron chi connectivity index (χ2n) is 4.30. The normalized spacial score (nSPS) is 17.5. The number of alkyl halides is 1. The molecule has 0 aromatic rings. The molecule has 0 spiro atoms. The van der Waals surface area contributed by atoms with E-state index in [9.17, 15) is 14.0 Å². The fourth-order valence-corrected chi connectivity index (χ4v) is 1.63. The van der Waals surface area contributed by atoms with Crippen molar-refractivity contribution >= 4 is 11.8 Å². The summed E-state index contributed by atoms with van der Waals surface area (Å²) in [7, 11) is 0. The lowest BCUT2D eigenvalue weighted by molar-refractivity contribution is -0.147. The fourth-order valence-electron chi connectivity index (χ4n) is 1.63. The van der Waals surface area contributed by atoms with Crippen LogP contribution in [0.4, 0.5) is 4.39 Å². The van der Waals surface area contributed by atoms with E-state index in [0.29, 0.717) is 26.2 Å². The first kappa shape index (κ1) is 12.9. The monoisotopic (exact) mass is 232 g/mol. The van der Waals surface area contributed by atoms with Crippen LogP contribution in [0.2, 0.25) is 0 Å². The quantitative estimate of drug-likeness (QED) is 0.691. The van der Waals surface area contributed by atoms with E-state index in [0.717, 1.165) is 0 Å². The summed E-state index contributed by atoms with van der Waals surface area (Å²) in [5, 5.41) is 8.66. The average molecular weight is 232 g/mol. The van der Waals surface area contributed by atoms with E-state index in [4.69, 9.17) is 5.11 Å². The Bertz CT molecular complexity index is 280. The van der Waals surface area contributed by atoms with Gasteiger partial charge >= 0.3 is 0 Å². The van der Waals surface area contributed by atoms with E-state index in [1.807, 2.05) is 0 Å². The summed E-state index contributed by atoms with van der Waals surface area (Å²) in [5.41, 5.74) is -1.87. The molecule has 6 heteroatoms. The number of piperazine rings is 1. The second-order valence-corrected chi connectivity index (χ2v) is 4.30. The Kier molecular flexibility index (Phi) is 3.85. The topological polar surface area (TPSA) is 60.9 Å². The van der Waals surface area contributed by atoms with Crippen molar-refractivity contribution in [3.05, 3.63) is 0 Å². The van der Waals surface area contributed by atoms with Crippen LogP contribution in [0.15, 0.2) is 0 Å². The van der Waals surface area contributed by atoms with Gasteiger partial charge in [-0.25, -0.2) is 4.39 Å². The zero-order chi connectivity index (χ0) is 12.3. The molecule has 92 valence electrons. The Morgan fingerprint density at radius 1 is 1.19 bits per heavy atom. The van der Waals surface area contributed by atoms with Crippen LogP contribution in [0.25, 0.3) is 0 Å². The van der Waals surface area contributed by atoms with Crippen LogP contribution >= 0.6 is 0 Å². The van der Waals surface area contributed by atoms with Gasteiger partial charge in [-0.15, -0.1) is 0 Å². The molecule has 16 heavy (non-hydrogen) atoms. The predicted octanol–water partition coefficient (Wildman–Crippen LogP) is -0.602. The number of carbonyl (C=O) groups excluding carboxylic acids is 2. The predicted molar refractivity (Wildman–Crippen MR) is 55.4 cm³/mol. The molecule has 0 radical (unpaired) electrons. The molecule has 0 saturated carbocycles. The number of hydrogen-bond donors (Lipinski definition) is 1. The molecule has 0 unspecified atom stereocenters. The van der Waals surface area contributed by atoms with Crippen LogP contribution in [0.5, 0.6) is 0 Å². The first-order valence-corrected chi connectivity index (χ1v) is 5.23. The molecule has 1 rings (SSSR count). The number of aliphatic hydroxyl groups is 1. The maximum absolute atomic E-state index is 13.4. The maximum Gasteiger partial charge on any atom is 0.259 e. The van der Waals surface area contributed by atoms with Crippen molar-refractivity contribution in [3.63, 3.8) is 0 Å². The van der Waals surface area contributed by atoms with Gasteiger partial charge in [-0.3, -0.25) is 9.59 Å².